The monoisotopic (exact) mass is 430 g/mol. The molecule has 2 N–H and O–H groups in total. The smallest absolute Gasteiger partial charge is 0.330 e. The highest BCUT2D eigenvalue weighted by molar-refractivity contribution is 6.14. The van der Waals surface area contributed by atoms with E-state index < -0.39 is 12.1 Å². The zero-order valence-corrected chi connectivity index (χ0v) is 18.2. The van der Waals surface area contributed by atoms with Gasteiger partial charge in [0.15, 0.2) is 0 Å². The van der Waals surface area contributed by atoms with Crippen molar-refractivity contribution >= 4 is 49.6 Å². The van der Waals surface area contributed by atoms with Gasteiger partial charge in [0.25, 0.3) is 0 Å². The molecule has 0 aliphatic carbocycles. The van der Waals surface area contributed by atoms with Gasteiger partial charge in [-0.2, -0.15) is 0 Å². The summed E-state index contributed by atoms with van der Waals surface area (Å²) < 4.78 is 5.63. The fourth-order valence-electron chi connectivity index (χ4n) is 4.85. The van der Waals surface area contributed by atoms with Gasteiger partial charge in [-0.1, -0.05) is 61.2 Å². The number of esters is 1. The number of aromatic amines is 2. The van der Waals surface area contributed by atoms with E-state index in [0.717, 1.165) is 49.5 Å². The van der Waals surface area contributed by atoms with Crippen LogP contribution in [0.5, 0.6) is 0 Å². The Kier molecular flexibility index (Phi) is 4.34. The summed E-state index contributed by atoms with van der Waals surface area (Å²) in [5.74, 6) is -0.435. The first-order valence-electron chi connectivity index (χ1n) is 11.0. The van der Waals surface area contributed by atoms with E-state index in [-0.39, 0.29) is 0 Å². The van der Waals surface area contributed by atoms with E-state index in [1.165, 1.54) is 16.8 Å². The summed E-state index contributed by atoms with van der Waals surface area (Å²) in [5.41, 5.74) is 7.36. The molecule has 1 atom stereocenters. The number of benzene rings is 4. The van der Waals surface area contributed by atoms with Gasteiger partial charge in [-0.15, -0.1) is 0 Å². The molecule has 4 nitrogen and oxygen atoms in total. The molecule has 2 aromatic heterocycles. The number of ether oxygens (including phenoxy) is 1. The van der Waals surface area contributed by atoms with Crippen molar-refractivity contribution in [2.45, 2.75) is 13.0 Å². The Labute approximate surface area is 190 Å². The molecule has 4 heteroatoms. The number of nitrogens with one attached hydrogen (secondary N) is 2. The lowest BCUT2D eigenvalue weighted by molar-refractivity contribution is -0.142. The highest BCUT2D eigenvalue weighted by Gasteiger charge is 2.19. The zero-order chi connectivity index (χ0) is 22.5. The van der Waals surface area contributed by atoms with Crippen LogP contribution in [0.2, 0.25) is 0 Å². The Hall–Kier alpha value is -4.31. The van der Waals surface area contributed by atoms with Gasteiger partial charge in [0.05, 0.1) is 11.0 Å². The van der Waals surface area contributed by atoms with Gasteiger partial charge in [0.1, 0.15) is 6.10 Å². The van der Waals surface area contributed by atoms with E-state index in [9.17, 15) is 4.79 Å². The van der Waals surface area contributed by atoms with Crippen molar-refractivity contribution < 1.29 is 9.53 Å². The van der Waals surface area contributed by atoms with E-state index in [2.05, 4.69) is 77.2 Å². The van der Waals surface area contributed by atoms with Crippen molar-refractivity contribution in [2.24, 2.45) is 0 Å². The van der Waals surface area contributed by atoms with Gasteiger partial charge in [-0.3, -0.25) is 0 Å². The minimum absolute atomic E-state index is 0.435. The van der Waals surface area contributed by atoms with E-state index in [4.69, 9.17) is 4.74 Å². The fraction of sp³-hybridized carbons (Fsp3) is 0.0690. The molecule has 0 spiro atoms. The van der Waals surface area contributed by atoms with E-state index >= 15 is 0 Å². The summed E-state index contributed by atoms with van der Waals surface area (Å²) in [4.78, 5) is 19.1. The topological polar surface area (TPSA) is 57.9 Å². The molecular formula is C29H22N2O2. The summed E-state index contributed by atoms with van der Waals surface area (Å²) in [6.07, 6.45) is 0.765. The number of carbonyl (C=O) groups is 1. The van der Waals surface area contributed by atoms with Crippen molar-refractivity contribution in [3.63, 3.8) is 0 Å². The van der Waals surface area contributed by atoms with Gasteiger partial charge in [0, 0.05) is 49.8 Å². The maximum Gasteiger partial charge on any atom is 0.330 e. The van der Waals surface area contributed by atoms with Crippen LogP contribution < -0.4 is 0 Å². The standard InChI is InChI=1S/C29H22N2O2/c1-3-27(32)33-17(2)23-15-18(16-24-21-10-5-7-14-26(21)31-29(23)24)19-11-8-12-22-20-9-4-6-13-25(20)30-28(19)22/h3-17,30-31H,1H2,2H3. The van der Waals surface area contributed by atoms with Crippen LogP contribution in [-0.2, 0) is 9.53 Å². The number of H-pyrrole nitrogens is 2. The predicted molar refractivity (Wildman–Crippen MR) is 135 cm³/mol. The summed E-state index contributed by atoms with van der Waals surface area (Å²) >= 11 is 0. The maximum atomic E-state index is 12.0. The van der Waals surface area contributed by atoms with Gasteiger partial charge < -0.3 is 14.7 Å². The molecule has 2 heterocycles. The van der Waals surface area contributed by atoms with Crippen LogP contribution in [0.1, 0.15) is 18.6 Å². The summed E-state index contributed by atoms with van der Waals surface area (Å²) in [5, 5.41) is 4.64. The molecule has 0 amide bonds. The van der Waals surface area contributed by atoms with Crippen molar-refractivity contribution in [3.05, 3.63) is 97.1 Å². The molecule has 0 saturated heterocycles. The molecule has 1 unspecified atom stereocenters. The molecule has 33 heavy (non-hydrogen) atoms. The van der Waals surface area contributed by atoms with Gasteiger partial charge in [-0.25, -0.2) is 4.79 Å². The van der Waals surface area contributed by atoms with Crippen LogP contribution in [0.15, 0.2) is 91.5 Å². The van der Waals surface area contributed by atoms with Crippen LogP contribution in [-0.4, -0.2) is 15.9 Å². The Morgan fingerprint density at radius 1 is 0.818 bits per heavy atom. The lowest BCUT2D eigenvalue weighted by Crippen LogP contribution is -2.06. The second-order valence-electron chi connectivity index (χ2n) is 8.34. The van der Waals surface area contributed by atoms with Gasteiger partial charge in [-0.05, 0) is 36.8 Å². The first kappa shape index (κ1) is 19.4. The van der Waals surface area contributed by atoms with E-state index in [0.29, 0.717) is 0 Å². The van der Waals surface area contributed by atoms with Crippen molar-refractivity contribution in [2.75, 3.05) is 0 Å². The third-order valence-electron chi connectivity index (χ3n) is 6.40. The molecular weight excluding hydrogens is 408 g/mol. The molecule has 0 fully saturated rings. The molecule has 160 valence electrons. The molecule has 6 aromatic rings. The van der Waals surface area contributed by atoms with Crippen molar-refractivity contribution in [1.82, 2.24) is 9.97 Å². The van der Waals surface area contributed by atoms with Crippen molar-refractivity contribution in [1.29, 1.82) is 0 Å². The normalized spacial score (nSPS) is 12.5. The van der Waals surface area contributed by atoms with Crippen LogP contribution in [0.3, 0.4) is 0 Å². The average molecular weight is 431 g/mol. The van der Waals surface area contributed by atoms with Gasteiger partial charge >= 0.3 is 5.97 Å². The van der Waals surface area contributed by atoms with Crippen LogP contribution in [0.25, 0.3) is 54.7 Å². The number of fused-ring (bicyclic) bond motifs is 6. The molecule has 0 aliphatic rings. The highest BCUT2D eigenvalue weighted by Crippen LogP contribution is 2.39. The quantitative estimate of drug-likeness (QED) is 0.226. The first-order valence-corrected chi connectivity index (χ1v) is 11.0. The molecule has 0 radical (unpaired) electrons. The highest BCUT2D eigenvalue weighted by atomic mass is 16.5. The molecule has 0 bridgehead atoms. The van der Waals surface area contributed by atoms with Crippen LogP contribution >= 0.6 is 0 Å². The third-order valence-corrected chi connectivity index (χ3v) is 6.40. The lowest BCUT2D eigenvalue weighted by atomic mass is 9.95. The largest absolute Gasteiger partial charge is 0.455 e. The van der Waals surface area contributed by atoms with E-state index in [1.807, 2.05) is 25.1 Å². The lowest BCUT2D eigenvalue weighted by Gasteiger charge is -2.16. The van der Waals surface area contributed by atoms with E-state index in [1.54, 1.807) is 0 Å². The van der Waals surface area contributed by atoms with Gasteiger partial charge in [0.2, 0.25) is 0 Å². The second-order valence-corrected chi connectivity index (χ2v) is 8.34. The SMILES string of the molecule is C=CC(=O)OC(C)c1cc(-c2cccc3c2[nH]c2ccccc23)cc2c1[nH]c1ccccc12. The predicted octanol–water partition coefficient (Wildman–Crippen LogP) is 7.41. The van der Waals surface area contributed by atoms with Crippen LogP contribution in [0, 0.1) is 0 Å². The molecule has 0 saturated carbocycles. The number of hydrogen-bond acceptors (Lipinski definition) is 2. The summed E-state index contributed by atoms with van der Waals surface area (Å²) in [7, 11) is 0. The zero-order valence-electron chi connectivity index (χ0n) is 18.2. The minimum atomic E-state index is -0.437. The van der Waals surface area contributed by atoms with Crippen LogP contribution in [0.4, 0.5) is 0 Å². The average Bonchev–Trinajstić information content (AvgIpc) is 3.41. The number of aromatic nitrogens is 2. The number of carbonyl (C=O) groups excluding carboxylic acids is 1. The Morgan fingerprint density at radius 2 is 1.45 bits per heavy atom. The summed E-state index contributed by atoms with van der Waals surface area (Å²) in [6.45, 7) is 5.44. The van der Waals surface area contributed by atoms with Crippen molar-refractivity contribution in [3.8, 4) is 11.1 Å². The fourth-order valence-corrected chi connectivity index (χ4v) is 4.85. The molecule has 0 aliphatic heterocycles. The number of hydrogen-bond donors (Lipinski definition) is 2. The Bertz CT molecular complexity index is 1700. The number of para-hydroxylation sites is 3. The Balaban J connectivity index is 1.66. The Morgan fingerprint density at radius 3 is 2.18 bits per heavy atom. The maximum absolute atomic E-state index is 12.0. The summed E-state index contributed by atoms with van der Waals surface area (Å²) in [6, 6.07) is 27.3. The minimum Gasteiger partial charge on any atom is -0.455 e. The first-order chi connectivity index (χ1) is 16.1. The molecule has 6 rings (SSSR count). The third kappa shape index (κ3) is 3.03. The molecule has 4 aromatic carbocycles. The number of rotatable bonds is 4. The second kappa shape index (κ2) is 7.38.